The van der Waals surface area contributed by atoms with Gasteiger partial charge in [-0.3, -0.25) is 4.79 Å². The van der Waals surface area contributed by atoms with E-state index in [9.17, 15) is 4.79 Å². The number of aromatic nitrogens is 2. The van der Waals surface area contributed by atoms with Gasteiger partial charge in [0.05, 0.1) is 0 Å². The second-order valence-electron chi connectivity index (χ2n) is 5.23. The number of amides is 1. The second-order valence-corrected chi connectivity index (χ2v) is 5.23. The normalized spacial score (nSPS) is 21.8. The molecule has 3 rings (SSSR count). The molecule has 0 aromatic carbocycles. The first-order valence-corrected chi connectivity index (χ1v) is 5.78. The van der Waals surface area contributed by atoms with Gasteiger partial charge >= 0.3 is 11.8 Å². The van der Waals surface area contributed by atoms with Crippen molar-refractivity contribution >= 4 is 5.91 Å². The molecule has 0 radical (unpaired) electrons. The van der Waals surface area contributed by atoms with Gasteiger partial charge in [0.2, 0.25) is 0 Å². The number of carbonyl (C=O) groups is 1. The van der Waals surface area contributed by atoms with Gasteiger partial charge in [-0.2, -0.15) is 4.98 Å². The quantitative estimate of drug-likeness (QED) is 0.836. The molecule has 0 saturated heterocycles. The van der Waals surface area contributed by atoms with Crippen molar-refractivity contribution in [2.24, 2.45) is 5.41 Å². The Kier molecular flexibility index (Phi) is 2.02. The van der Waals surface area contributed by atoms with Crippen molar-refractivity contribution in [1.82, 2.24) is 15.5 Å². The van der Waals surface area contributed by atoms with Crippen molar-refractivity contribution in [2.75, 3.05) is 6.54 Å². The standard InChI is InChI=1S/C11H15N3O2/c1-11(4-5-11)6-12-9(15)10-13-8(14-16-10)7-2-3-7/h7H,2-6H2,1H3,(H,12,15). The van der Waals surface area contributed by atoms with E-state index >= 15 is 0 Å². The summed E-state index contributed by atoms with van der Waals surface area (Å²) in [5.74, 6) is 0.965. The third-order valence-corrected chi connectivity index (χ3v) is 3.36. The Balaban J connectivity index is 1.59. The molecule has 2 fully saturated rings. The molecule has 5 nitrogen and oxygen atoms in total. The second kappa shape index (κ2) is 3.30. The molecule has 2 saturated carbocycles. The molecular formula is C11H15N3O2. The van der Waals surface area contributed by atoms with Crippen LogP contribution in [0.1, 0.15) is 55.0 Å². The van der Waals surface area contributed by atoms with Crippen molar-refractivity contribution in [3.05, 3.63) is 11.7 Å². The zero-order valence-corrected chi connectivity index (χ0v) is 9.32. The maximum Gasteiger partial charge on any atom is 0.315 e. The van der Waals surface area contributed by atoms with E-state index in [0.29, 0.717) is 23.7 Å². The maximum atomic E-state index is 11.7. The van der Waals surface area contributed by atoms with E-state index in [-0.39, 0.29) is 11.8 Å². The molecule has 1 aromatic rings. The van der Waals surface area contributed by atoms with E-state index in [2.05, 4.69) is 22.4 Å². The minimum absolute atomic E-state index is 0.103. The van der Waals surface area contributed by atoms with Crippen LogP contribution in [0.4, 0.5) is 0 Å². The topological polar surface area (TPSA) is 68.0 Å². The van der Waals surface area contributed by atoms with Crippen LogP contribution in [0.2, 0.25) is 0 Å². The SMILES string of the molecule is CC1(CNC(=O)c2nc(C3CC3)no2)CC1. The van der Waals surface area contributed by atoms with Crippen molar-refractivity contribution in [3.63, 3.8) is 0 Å². The largest absolute Gasteiger partial charge is 0.347 e. The number of carbonyl (C=O) groups excluding carboxylic acids is 1. The Morgan fingerprint density at radius 3 is 2.94 bits per heavy atom. The lowest BCUT2D eigenvalue weighted by molar-refractivity contribution is 0.0902. The summed E-state index contributed by atoms with van der Waals surface area (Å²) in [6.07, 6.45) is 4.59. The molecule has 16 heavy (non-hydrogen) atoms. The Bertz CT molecular complexity index is 419. The van der Waals surface area contributed by atoms with Crippen LogP contribution in [0.3, 0.4) is 0 Å². The highest BCUT2D eigenvalue weighted by Crippen LogP contribution is 2.44. The van der Waals surface area contributed by atoms with E-state index in [0.717, 1.165) is 12.8 Å². The van der Waals surface area contributed by atoms with Gasteiger partial charge in [-0.15, -0.1) is 0 Å². The van der Waals surface area contributed by atoms with E-state index in [1.54, 1.807) is 0 Å². The van der Waals surface area contributed by atoms with E-state index in [4.69, 9.17) is 4.52 Å². The fourth-order valence-corrected chi connectivity index (χ4v) is 1.59. The zero-order chi connectivity index (χ0) is 11.2. The van der Waals surface area contributed by atoms with E-state index < -0.39 is 0 Å². The molecule has 2 aliphatic carbocycles. The molecule has 0 spiro atoms. The minimum atomic E-state index is -0.243. The number of hydrogen-bond donors (Lipinski definition) is 1. The fraction of sp³-hybridized carbons (Fsp3) is 0.727. The number of rotatable bonds is 4. The van der Waals surface area contributed by atoms with Crippen molar-refractivity contribution in [1.29, 1.82) is 0 Å². The van der Waals surface area contributed by atoms with Gasteiger partial charge in [0.15, 0.2) is 5.82 Å². The van der Waals surface area contributed by atoms with Crippen LogP contribution in [-0.2, 0) is 0 Å². The van der Waals surface area contributed by atoms with Crippen LogP contribution in [0.5, 0.6) is 0 Å². The summed E-state index contributed by atoms with van der Waals surface area (Å²) in [4.78, 5) is 15.8. The highest BCUT2D eigenvalue weighted by atomic mass is 16.5. The molecule has 0 aliphatic heterocycles. The average molecular weight is 221 g/mol. The highest BCUT2D eigenvalue weighted by Gasteiger charge is 2.38. The van der Waals surface area contributed by atoms with Crippen LogP contribution >= 0.6 is 0 Å². The molecule has 1 heterocycles. The Hall–Kier alpha value is -1.39. The van der Waals surface area contributed by atoms with Gasteiger partial charge in [-0.05, 0) is 31.1 Å². The molecule has 1 N–H and O–H groups in total. The summed E-state index contributed by atoms with van der Waals surface area (Å²) in [6.45, 7) is 2.86. The molecule has 2 aliphatic rings. The van der Waals surface area contributed by atoms with Gasteiger partial charge in [0.1, 0.15) is 0 Å². The lowest BCUT2D eigenvalue weighted by atomic mass is 10.1. The Morgan fingerprint density at radius 1 is 1.56 bits per heavy atom. The molecule has 1 aromatic heterocycles. The Morgan fingerprint density at radius 2 is 2.31 bits per heavy atom. The lowest BCUT2D eigenvalue weighted by Crippen LogP contribution is -2.29. The van der Waals surface area contributed by atoms with Crippen LogP contribution in [-0.4, -0.2) is 22.6 Å². The molecule has 0 unspecified atom stereocenters. The van der Waals surface area contributed by atoms with E-state index in [1.165, 1.54) is 12.8 Å². The van der Waals surface area contributed by atoms with Gasteiger partial charge in [0, 0.05) is 12.5 Å². The van der Waals surface area contributed by atoms with Crippen molar-refractivity contribution in [3.8, 4) is 0 Å². The lowest BCUT2D eigenvalue weighted by Gasteiger charge is -2.07. The maximum absolute atomic E-state index is 11.7. The number of nitrogens with one attached hydrogen (secondary N) is 1. The van der Waals surface area contributed by atoms with Gasteiger partial charge in [-0.25, -0.2) is 0 Å². The number of nitrogens with zero attached hydrogens (tertiary/aromatic N) is 2. The molecule has 0 bridgehead atoms. The first-order chi connectivity index (χ1) is 7.66. The van der Waals surface area contributed by atoms with Crippen molar-refractivity contribution < 1.29 is 9.32 Å². The smallest absolute Gasteiger partial charge is 0.315 e. The van der Waals surface area contributed by atoms with Crippen LogP contribution in [0, 0.1) is 5.41 Å². The molecule has 1 amide bonds. The van der Waals surface area contributed by atoms with E-state index in [1.807, 2.05) is 0 Å². The highest BCUT2D eigenvalue weighted by molar-refractivity contribution is 5.89. The molecule has 0 atom stereocenters. The van der Waals surface area contributed by atoms with Gasteiger partial charge in [0.25, 0.3) is 0 Å². The fourth-order valence-electron chi connectivity index (χ4n) is 1.59. The summed E-state index contributed by atoms with van der Waals surface area (Å²) in [7, 11) is 0. The summed E-state index contributed by atoms with van der Waals surface area (Å²) in [6, 6.07) is 0. The third kappa shape index (κ3) is 1.94. The monoisotopic (exact) mass is 221 g/mol. The minimum Gasteiger partial charge on any atom is -0.347 e. The van der Waals surface area contributed by atoms with Gasteiger partial charge < -0.3 is 9.84 Å². The number of hydrogen-bond acceptors (Lipinski definition) is 4. The predicted molar refractivity (Wildman–Crippen MR) is 55.9 cm³/mol. The molecular weight excluding hydrogens is 206 g/mol. The average Bonchev–Trinajstić information content (AvgIpc) is 3.19. The molecule has 86 valence electrons. The van der Waals surface area contributed by atoms with Crippen molar-refractivity contribution in [2.45, 2.75) is 38.5 Å². The first kappa shape index (κ1) is 9.81. The third-order valence-electron chi connectivity index (χ3n) is 3.36. The Labute approximate surface area is 93.6 Å². The van der Waals surface area contributed by atoms with Crippen LogP contribution < -0.4 is 5.32 Å². The van der Waals surface area contributed by atoms with Gasteiger partial charge in [-0.1, -0.05) is 12.1 Å². The predicted octanol–water partition coefficient (Wildman–Crippen LogP) is 1.48. The van der Waals surface area contributed by atoms with Crippen LogP contribution in [0.25, 0.3) is 0 Å². The summed E-state index contributed by atoms with van der Waals surface area (Å²) in [5, 5.41) is 6.65. The molecule has 5 heteroatoms. The van der Waals surface area contributed by atoms with Crippen LogP contribution in [0.15, 0.2) is 4.52 Å². The summed E-state index contributed by atoms with van der Waals surface area (Å²) < 4.78 is 4.94. The first-order valence-electron chi connectivity index (χ1n) is 5.78. The summed E-state index contributed by atoms with van der Waals surface area (Å²) in [5.41, 5.74) is 0.301. The summed E-state index contributed by atoms with van der Waals surface area (Å²) >= 11 is 0. The zero-order valence-electron chi connectivity index (χ0n) is 9.32.